The summed E-state index contributed by atoms with van der Waals surface area (Å²) in [7, 11) is 1.35. The first-order valence-corrected chi connectivity index (χ1v) is 6.94. The Kier molecular flexibility index (Phi) is 4.49. The highest BCUT2D eigenvalue weighted by molar-refractivity contribution is 6.08. The molecule has 2 rings (SSSR count). The SMILES string of the molecule is COc1cc(C)c(NC(=O)C2(C(=O)O)CC=CCC2)cc1F. The fraction of sp³-hybridized carbons (Fsp3) is 0.375. The van der Waals surface area contributed by atoms with Gasteiger partial charge in [0.15, 0.2) is 11.6 Å². The predicted molar refractivity (Wildman–Crippen MR) is 79.4 cm³/mol. The van der Waals surface area contributed by atoms with Crippen LogP contribution in [0.2, 0.25) is 0 Å². The van der Waals surface area contributed by atoms with E-state index >= 15 is 0 Å². The van der Waals surface area contributed by atoms with E-state index in [9.17, 15) is 19.1 Å². The quantitative estimate of drug-likeness (QED) is 0.662. The molecule has 0 heterocycles. The van der Waals surface area contributed by atoms with E-state index in [1.54, 1.807) is 13.0 Å². The molecule has 6 heteroatoms. The van der Waals surface area contributed by atoms with Crippen LogP contribution in [0.15, 0.2) is 24.3 Å². The topological polar surface area (TPSA) is 75.6 Å². The number of benzene rings is 1. The Morgan fingerprint density at radius 1 is 1.36 bits per heavy atom. The number of allylic oxidation sites excluding steroid dienone is 2. The number of carboxylic acids is 1. The van der Waals surface area contributed by atoms with E-state index < -0.39 is 23.1 Å². The number of hydrogen-bond acceptors (Lipinski definition) is 3. The maximum Gasteiger partial charge on any atom is 0.319 e. The predicted octanol–water partition coefficient (Wildman–Crippen LogP) is 2.89. The van der Waals surface area contributed by atoms with Crippen molar-refractivity contribution >= 4 is 17.6 Å². The molecule has 1 aromatic carbocycles. The number of nitrogens with one attached hydrogen (secondary N) is 1. The van der Waals surface area contributed by atoms with Gasteiger partial charge in [-0.1, -0.05) is 12.2 Å². The van der Waals surface area contributed by atoms with Crippen LogP contribution in [0.1, 0.15) is 24.8 Å². The van der Waals surface area contributed by atoms with Gasteiger partial charge in [0.1, 0.15) is 5.41 Å². The highest BCUT2D eigenvalue weighted by atomic mass is 19.1. The molecule has 1 aliphatic rings. The van der Waals surface area contributed by atoms with Crippen molar-refractivity contribution in [2.24, 2.45) is 5.41 Å². The number of carbonyl (C=O) groups is 2. The van der Waals surface area contributed by atoms with Crippen molar-refractivity contribution in [3.05, 3.63) is 35.7 Å². The number of halogens is 1. The molecule has 5 nitrogen and oxygen atoms in total. The lowest BCUT2D eigenvalue weighted by Gasteiger charge is -2.29. The van der Waals surface area contributed by atoms with Crippen molar-refractivity contribution in [1.29, 1.82) is 0 Å². The Balaban J connectivity index is 2.30. The zero-order valence-corrected chi connectivity index (χ0v) is 12.5. The molecular formula is C16H18FNO4. The Morgan fingerprint density at radius 2 is 2.09 bits per heavy atom. The molecule has 1 aromatic rings. The Hall–Kier alpha value is -2.37. The molecule has 0 radical (unpaired) electrons. The molecule has 1 amide bonds. The molecular weight excluding hydrogens is 289 g/mol. The van der Waals surface area contributed by atoms with Gasteiger partial charge in [0.2, 0.25) is 5.91 Å². The monoisotopic (exact) mass is 307 g/mol. The van der Waals surface area contributed by atoms with Crippen LogP contribution in [0.5, 0.6) is 5.75 Å². The van der Waals surface area contributed by atoms with Crippen molar-refractivity contribution in [2.75, 3.05) is 12.4 Å². The zero-order chi connectivity index (χ0) is 16.3. The molecule has 1 atom stereocenters. The molecule has 0 aromatic heterocycles. The van der Waals surface area contributed by atoms with E-state index in [0.29, 0.717) is 12.0 Å². The van der Waals surface area contributed by atoms with Crippen LogP contribution in [0.25, 0.3) is 0 Å². The van der Waals surface area contributed by atoms with E-state index in [1.165, 1.54) is 13.2 Å². The fourth-order valence-corrected chi connectivity index (χ4v) is 2.52. The summed E-state index contributed by atoms with van der Waals surface area (Å²) in [6, 6.07) is 2.60. The number of anilines is 1. The minimum absolute atomic E-state index is 0.0732. The molecule has 0 bridgehead atoms. The van der Waals surface area contributed by atoms with Gasteiger partial charge in [0, 0.05) is 11.8 Å². The smallest absolute Gasteiger partial charge is 0.319 e. The van der Waals surface area contributed by atoms with Crippen molar-refractivity contribution in [3.8, 4) is 5.75 Å². The van der Waals surface area contributed by atoms with Crippen molar-refractivity contribution in [2.45, 2.75) is 26.2 Å². The van der Waals surface area contributed by atoms with Gasteiger partial charge in [-0.25, -0.2) is 4.39 Å². The molecule has 1 aliphatic carbocycles. The van der Waals surface area contributed by atoms with Crippen LogP contribution < -0.4 is 10.1 Å². The highest BCUT2D eigenvalue weighted by Crippen LogP contribution is 2.35. The molecule has 1 unspecified atom stereocenters. The Bertz CT molecular complexity index is 641. The standard InChI is InChI=1S/C16H18FNO4/c1-10-8-13(22-2)11(17)9-12(10)18-14(19)16(15(20)21)6-4-3-5-7-16/h3-4,8-9H,5-7H2,1-2H3,(H,18,19)(H,20,21). The second kappa shape index (κ2) is 6.17. The van der Waals surface area contributed by atoms with E-state index in [0.717, 1.165) is 6.07 Å². The van der Waals surface area contributed by atoms with Gasteiger partial charge in [-0.2, -0.15) is 0 Å². The molecule has 0 saturated carbocycles. The number of aliphatic carboxylic acids is 1. The summed E-state index contributed by atoms with van der Waals surface area (Å²) in [5.74, 6) is -2.33. The van der Waals surface area contributed by atoms with Gasteiger partial charge in [-0.05, 0) is 37.8 Å². The van der Waals surface area contributed by atoms with Gasteiger partial charge in [0.05, 0.1) is 7.11 Å². The van der Waals surface area contributed by atoms with Crippen LogP contribution in [0.4, 0.5) is 10.1 Å². The largest absolute Gasteiger partial charge is 0.494 e. The average Bonchev–Trinajstić information content (AvgIpc) is 2.50. The lowest BCUT2D eigenvalue weighted by molar-refractivity contribution is -0.154. The van der Waals surface area contributed by atoms with Crippen molar-refractivity contribution in [1.82, 2.24) is 0 Å². The number of carboxylic acid groups (broad SMARTS) is 1. The van der Waals surface area contributed by atoms with Gasteiger partial charge in [0.25, 0.3) is 0 Å². The molecule has 22 heavy (non-hydrogen) atoms. The maximum absolute atomic E-state index is 13.8. The highest BCUT2D eigenvalue weighted by Gasteiger charge is 2.45. The lowest BCUT2D eigenvalue weighted by atomic mass is 9.76. The number of rotatable bonds is 4. The first-order valence-electron chi connectivity index (χ1n) is 6.94. The van der Waals surface area contributed by atoms with E-state index in [-0.39, 0.29) is 24.3 Å². The summed E-state index contributed by atoms with van der Waals surface area (Å²) >= 11 is 0. The van der Waals surface area contributed by atoms with Crippen molar-refractivity contribution < 1.29 is 23.8 Å². The van der Waals surface area contributed by atoms with E-state index in [2.05, 4.69) is 5.32 Å². The number of ether oxygens (including phenoxy) is 1. The number of amides is 1. The molecule has 0 fully saturated rings. The Labute approximate surface area is 127 Å². The average molecular weight is 307 g/mol. The van der Waals surface area contributed by atoms with Gasteiger partial charge in [-0.15, -0.1) is 0 Å². The number of aryl methyl sites for hydroxylation is 1. The number of hydrogen-bond donors (Lipinski definition) is 2. The van der Waals surface area contributed by atoms with E-state index in [1.807, 2.05) is 6.08 Å². The first-order chi connectivity index (χ1) is 10.4. The summed E-state index contributed by atoms with van der Waals surface area (Å²) in [5, 5.41) is 12.0. The summed E-state index contributed by atoms with van der Waals surface area (Å²) in [4.78, 5) is 24.0. The number of methoxy groups -OCH3 is 1. The second-order valence-corrected chi connectivity index (χ2v) is 5.36. The minimum Gasteiger partial charge on any atom is -0.494 e. The second-order valence-electron chi connectivity index (χ2n) is 5.36. The van der Waals surface area contributed by atoms with E-state index in [4.69, 9.17) is 4.74 Å². The van der Waals surface area contributed by atoms with Crippen LogP contribution in [-0.2, 0) is 9.59 Å². The summed E-state index contributed by atoms with van der Waals surface area (Å²) in [6.45, 7) is 1.69. The summed E-state index contributed by atoms with van der Waals surface area (Å²) < 4.78 is 18.6. The third kappa shape index (κ3) is 2.81. The normalized spacial score (nSPS) is 20.5. The van der Waals surface area contributed by atoms with Gasteiger partial charge < -0.3 is 15.2 Å². The van der Waals surface area contributed by atoms with Gasteiger partial charge in [-0.3, -0.25) is 9.59 Å². The van der Waals surface area contributed by atoms with Gasteiger partial charge >= 0.3 is 5.97 Å². The van der Waals surface area contributed by atoms with Crippen LogP contribution in [0.3, 0.4) is 0 Å². The molecule has 2 N–H and O–H groups in total. The Morgan fingerprint density at radius 3 is 2.64 bits per heavy atom. The minimum atomic E-state index is -1.50. The maximum atomic E-state index is 13.8. The van der Waals surface area contributed by atoms with Crippen molar-refractivity contribution in [3.63, 3.8) is 0 Å². The zero-order valence-electron chi connectivity index (χ0n) is 12.5. The lowest BCUT2D eigenvalue weighted by Crippen LogP contribution is -2.43. The molecule has 0 aliphatic heterocycles. The molecule has 118 valence electrons. The summed E-state index contributed by atoms with van der Waals surface area (Å²) in [5.41, 5.74) is -0.658. The molecule has 0 spiro atoms. The third-order valence-corrected chi connectivity index (χ3v) is 3.96. The molecule has 0 saturated heterocycles. The first kappa shape index (κ1) is 16.0. The third-order valence-electron chi connectivity index (χ3n) is 3.96. The van der Waals surface area contributed by atoms with Crippen LogP contribution in [-0.4, -0.2) is 24.1 Å². The van der Waals surface area contributed by atoms with Crippen LogP contribution in [0, 0.1) is 18.2 Å². The van der Waals surface area contributed by atoms with Crippen LogP contribution >= 0.6 is 0 Å². The summed E-state index contributed by atoms with van der Waals surface area (Å²) in [6.07, 6.45) is 4.43. The fourth-order valence-electron chi connectivity index (χ4n) is 2.52. The number of carbonyl (C=O) groups excluding carboxylic acids is 1.